The molecule has 1 aliphatic carbocycles. The van der Waals surface area contributed by atoms with Gasteiger partial charge >= 0.3 is 0 Å². The summed E-state index contributed by atoms with van der Waals surface area (Å²) in [6.07, 6.45) is 6.03. The van der Waals surface area contributed by atoms with Crippen molar-refractivity contribution >= 4 is 11.8 Å². The summed E-state index contributed by atoms with van der Waals surface area (Å²) in [5.41, 5.74) is 3.98. The van der Waals surface area contributed by atoms with Gasteiger partial charge in [0.05, 0.1) is 6.04 Å². The Morgan fingerprint density at radius 3 is 2.48 bits per heavy atom. The van der Waals surface area contributed by atoms with Gasteiger partial charge in [-0.05, 0) is 54.7 Å². The Kier molecular flexibility index (Phi) is 5.42. The van der Waals surface area contributed by atoms with Gasteiger partial charge in [-0.3, -0.25) is 9.59 Å². The van der Waals surface area contributed by atoms with Gasteiger partial charge in [0.15, 0.2) is 0 Å². The van der Waals surface area contributed by atoms with Crippen molar-refractivity contribution in [3.8, 4) is 0 Å². The zero-order valence-corrected chi connectivity index (χ0v) is 20.5. The van der Waals surface area contributed by atoms with Gasteiger partial charge in [-0.2, -0.15) is 0 Å². The van der Waals surface area contributed by atoms with Crippen LogP contribution in [0.25, 0.3) is 0 Å². The molecule has 5 nitrogen and oxygen atoms in total. The highest BCUT2D eigenvalue weighted by Gasteiger charge is 2.50. The van der Waals surface area contributed by atoms with Crippen molar-refractivity contribution in [3.63, 3.8) is 0 Å². The Bertz CT molecular complexity index is 1070. The zero-order valence-electron chi connectivity index (χ0n) is 20.5. The lowest BCUT2D eigenvalue weighted by molar-refractivity contribution is -0.139. The van der Waals surface area contributed by atoms with E-state index >= 15 is 0 Å². The number of nitrogens with zero attached hydrogens (tertiary/aromatic N) is 3. The second-order valence-electron chi connectivity index (χ2n) is 11.8. The molecule has 33 heavy (non-hydrogen) atoms. The largest absolute Gasteiger partial charge is 0.348 e. The first kappa shape index (κ1) is 22.2. The predicted molar refractivity (Wildman–Crippen MR) is 130 cm³/mol. The maximum atomic E-state index is 13.5. The minimum atomic E-state index is -0.0954. The fourth-order valence-electron chi connectivity index (χ4n) is 7.10. The average molecular weight is 448 g/mol. The summed E-state index contributed by atoms with van der Waals surface area (Å²) in [5.74, 6) is 0.235. The number of aromatic nitrogens is 1. The standard InChI is InChI=1S/C28H37N3O2/c1-20-7-5-8-21(15-20)26-23-9-6-12-29(23)13-14-30(26)24(32)10-11-25(33)31-19-28(4)17-22(31)16-27(2,3)18-28/h5-9,12,15,22,26H,10-11,13-14,16-19H2,1-4H3. The van der Waals surface area contributed by atoms with Crippen LogP contribution in [0.2, 0.25) is 0 Å². The molecule has 1 aromatic carbocycles. The topological polar surface area (TPSA) is 45.6 Å². The first-order valence-electron chi connectivity index (χ1n) is 12.4. The number of aryl methyl sites for hydroxylation is 1. The van der Waals surface area contributed by atoms with Gasteiger partial charge in [0.2, 0.25) is 11.8 Å². The van der Waals surface area contributed by atoms with Gasteiger partial charge in [-0.1, -0.05) is 50.6 Å². The summed E-state index contributed by atoms with van der Waals surface area (Å²) < 4.78 is 2.24. The minimum Gasteiger partial charge on any atom is -0.348 e. The normalized spacial score (nSPS) is 28.0. The van der Waals surface area contributed by atoms with Crippen molar-refractivity contribution in [2.45, 2.75) is 78.4 Å². The lowest BCUT2D eigenvalue weighted by Crippen LogP contribution is -2.43. The third-order valence-corrected chi connectivity index (χ3v) is 8.00. The van der Waals surface area contributed by atoms with Crippen molar-refractivity contribution < 1.29 is 9.59 Å². The smallest absolute Gasteiger partial charge is 0.223 e. The van der Waals surface area contributed by atoms with E-state index < -0.39 is 0 Å². The van der Waals surface area contributed by atoms with Crippen molar-refractivity contribution in [1.29, 1.82) is 0 Å². The number of likely N-dealkylation sites (tertiary alicyclic amines) is 1. The highest BCUT2D eigenvalue weighted by atomic mass is 16.2. The second-order valence-corrected chi connectivity index (χ2v) is 11.8. The van der Waals surface area contributed by atoms with Crippen LogP contribution in [0.3, 0.4) is 0 Å². The molecule has 2 fully saturated rings. The summed E-state index contributed by atoms with van der Waals surface area (Å²) in [7, 11) is 0. The third-order valence-electron chi connectivity index (χ3n) is 8.00. The molecule has 0 spiro atoms. The molecule has 5 rings (SSSR count). The molecular weight excluding hydrogens is 410 g/mol. The van der Waals surface area contributed by atoms with E-state index in [1.807, 2.05) is 4.90 Å². The lowest BCUT2D eigenvalue weighted by Gasteiger charge is -2.39. The summed E-state index contributed by atoms with van der Waals surface area (Å²) in [5, 5.41) is 0. The first-order valence-corrected chi connectivity index (χ1v) is 12.4. The molecule has 1 aromatic heterocycles. The number of hydrogen-bond acceptors (Lipinski definition) is 2. The lowest BCUT2D eigenvalue weighted by atomic mass is 9.65. The van der Waals surface area contributed by atoms with Crippen LogP contribution in [-0.2, 0) is 16.1 Å². The number of amides is 2. The van der Waals surface area contributed by atoms with E-state index in [0.717, 1.165) is 37.2 Å². The molecule has 3 atom stereocenters. The van der Waals surface area contributed by atoms with Gasteiger partial charge in [-0.15, -0.1) is 0 Å². The van der Waals surface area contributed by atoms with Gasteiger partial charge in [-0.25, -0.2) is 0 Å². The van der Waals surface area contributed by atoms with Crippen molar-refractivity contribution in [2.75, 3.05) is 13.1 Å². The van der Waals surface area contributed by atoms with E-state index in [1.54, 1.807) is 0 Å². The number of carbonyl (C=O) groups excluding carboxylic acids is 2. The molecule has 2 aromatic rings. The van der Waals surface area contributed by atoms with Crippen LogP contribution in [0.15, 0.2) is 42.6 Å². The molecule has 0 radical (unpaired) electrons. The molecule has 176 valence electrons. The van der Waals surface area contributed by atoms with Crippen LogP contribution < -0.4 is 0 Å². The van der Waals surface area contributed by atoms with Gasteiger partial charge in [0.1, 0.15) is 0 Å². The minimum absolute atomic E-state index is 0.0796. The molecular formula is C28H37N3O2. The monoisotopic (exact) mass is 447 g/mol. The molecule has 1 saturated carbocycles. The van der Waals surface area contributed by atoms with Gasteiger partial charge < -0.3 is 14.4 Å². The molecule has 2 bridgehead atoms. The van der Waals surface area contributed by atoms with Crippen molar-refractivity contribution in [2.24, 2.45) is 10.8 Å². The average Bonchev–Trinajstić information content (AvgIpc) is 3.31. The zero-order chi connectivity index (χ0) is 23.4. The first-order chi connectivity index (χ1) is 15.6. The van der Waals surface area contributed by atoms with Crippen LogP contribution >= 0.6 is 0 Å². The maximum Gasteiger partial charge on any atom is 0.223 e. The number of hydrogen-bond donors (Lipinski definition) is 0. The molecule has 5 heteroatoms. The Balaban J connectivity index is 1.30. The van der Waals surface area contributed by atoms with E-state index in [-0.39, 0.29) is 35.1 Å². The number of carbonyl (C=O) groups is 2. The van der Waals surface area contributed by atoms with E-state index in [1.165, 1.54) is 12.0 Å². The van der Waals surface area contributed by atoms with Crippen molar-refractivity contribution in [3.05, 3.63) is 59.4 Å². The molecule has 3 aliphatic rings. The van der Waals surface area contributed by atoms with Crippen LogP contribution in [0, 0.1) is 17.8 Å². The van der Waals surface area contributed by atoms with Crippen molar-refractivity contribution in [1.82, 2.24) is 14.4 Å². The summed E-state index contributed by atoms with van der Waals surface area (Å²) in [6, 6.07) is 12.8. The van der Waals surface area contributed by atoms with Crippen LogP contribution in [0.5, 0.6) is 0 Å². The summed E-state index contributed by atoms with van der Waals surface area (Å²) in [4.78, 5) is 30.8. The van der Waals surface area contributed by atoms with Crippen LogP contribution in [0.1, 0.15) is 75.7 Å². The Labute approximate surface area is 197 Å². The Morgan fingerprint density at radius 1 is 0.970 bits per heavy atom. The fraction of sp³-hybridized carbons (Fsp3) is 0.571. The summed E-state index contributed by atoms with van der Waals surface area (Å²) in [6.45, 7) is 11.4. The SMILES string of the molecule is Cc1cccc(C2c3cccn3CCN2C(=O)CCC(=O)N2CC3(C)CC2CC(C)(C)C3)c1. The van der Waals surface area contributed by atoms with E-state index in [9.17, 15) is 9.59 Å². The quantitative estimate of drug-likeness (QED) is 0.667. The number of rotatable bonds is 4. The number of fused-ring (bicyclic) bond motifs is 3. The van der Waals surface area contributed by atoms with Crippen LogP contribution in [0.4, 0.5) is 0 Å². The van der Waals surface area contributed by atoms with Gasteiger partial charge in [0, 0.05) is 50.4 Å². The Morgan fingerprint density at radius 2 is 1.73 bits per heavy atom. The highest BCUT2D eigenvalue weighted by molar-refractivity contribution is 5.84. The Hall–Kier alpha value is -2.56. The van der Waals surface area contributed by atoms with Crippen LogP contribution in [-0.4, -0.2) is 45.3 Å². The fourth-order valence-corrected chi connectivity index (χ4v) is 7.10. The molecule has 2 aliphatic heterocycles. The maximum absolute atomic E-state index is 13.5. The molecule has 0 N–H and O–H groups in total. The second kappa shape index (κ2) is 8.03. The summed E-state index contributed by atoms with van der Waals surface area (Å²) >= 11 is 0. The van der Waals surface area contributed by atoms with E-state index in [0.29, 0.717) is 19.0 Å². The van der Waals surface area contributed by atoms with Gasteiger partial charge in [0.25, 0.3) is 0 Å². The molecule has 2 amide bonds. The molecule has 1 saturated heterocycles. The number of benzene rings is 1. The molecule has 3 heterocycles. The predicted octanol–water partition coefficient (Wildman–Crippen LogP) is 4.94. The van der Waals surface area contributed by atoms with E-state index in [2.05, 4.69) is 79.8 Å². The highest BCUT2D eigenvalue weighted by Crippen LogP contribution is 2.52. The molecule has 3 unspecified atom stereocenters. The van der Waals surface area contributed by atoms with E-state index in [4.69, 9.17) is 0 Å². The third kappa shape index (κ3) is 4.22.